The van der Waals surface area contributed by atoms with E-state index in [0.29, 0.717) is 27.7 Å². The number of nitrogens with zero attached hydrogens (tertiary/aromatic N) is 5. The third kappa shape index (κ3) is 4.90. The van der Waals surface area contributed by atoms with Crippen molar-refractivity contribution in [3.8, 4) is 0 Å². The summed E-state index contributed by atoms with van der Waals surface area (Å²) in [5.74, 6) is -0.472. The number of thioether (sulfide) groups is 1. The zero-order chi connectivity index (χ0) is 25.4. The minimum atomic E-state index is -1.15. The molecule has 3 aromatic rings. The van der Waals surface area contributed by atoms with Crippen LogP contribution in [0.15, 0.2) is 23.4 Å². The molecule has 2 saturated carbocycles. The summed E-state index contributed by atoms with van der Waals surface area (Å²) in [5, 5.41) is 42.5. The van der Waals surface area contributed by atoms with Crippen LogP contribution >= 0.6 is 11.8 Å². The number of rotatable bonds is 10. The maximum Gasteiger partial charge on any atom is 0.191 e. The van der Waals surface area contributed by atoms with Gasteiger partial charge in [0.05, 0.1) is 25.4 Å². The fourth-order valence-electron chi connectivity index (χ4n) is 4.61. The Morgan fingerprint density at radius 3 is 2.75 bits per heavy atom. The summed E-state index contributed by atoms with van der Waals surface area (Å²) in [4.78, 5) is 9.27. The van der Waals surface area contributed by atoms with Crippen molar-refractivity contribution in [3.63, 3.8) is 0 Å². The largest absolute Gasteiger partial charge is 0.394 e. The number of ether oxygens (including phenoxy) is 1. The molecule has 0 bridgehead atoms. The first-order valence-electron chi connectivity index (χ1n) is 12.0. The number of benzene rings is 1. The summed E-state index contributed by atoms with van der Waals surface area (Å²) >= 11 is 1.48. The molecule has 0 aliphatic heterocycles. The van der Waals surface area contributed by atoms with E-state index in [1.807, 2.05) is 0 Å². The van der Waals surface area contributed by atoms with E-state index >= 15 is 0 Å². The van der Waals surface area contributed by atoms with Gasteiger partial charge in [0.2, 0.25) is 0 Å². The van der Waals surface area contributed by atoms with Crippen molar-refractivity contribution >= 4 is 28.7 Å². The monoisotopic (exact) mass is 522 g/mol. The zero-order valence-electron chi connectivity index (χ0n) is 19.6. The van der Waals surface area contributed by atoms with Gasteiger partial charge in [-0.25, -0.2) is 23.4 Å². The second-order valence-electron chi connectivity index (χ2n) is 9.09. The highest BCUT2D eigenvalue weighted by Crippen LogP contribution is 2.44. The second kappa shape index (κ2) is 10.5. The molecule has 194 valence electrons. The molecule has 0 radical (unpaired) electrons. The fraction of sp³-hybridized carbons (Fsp3) is 0.565. The quantitative estimate of drug-likeness (QED) is 0.231. The van der Waals surface area contributed by atoms with Crippen molar-refractivity contribution in [3.05, 3.63) is 35.4 Å². The van der Waals surface area contributed by atoms with Crippen LogP contribution in [0, 0.1) is 11.6 Å². The summed E-state index contributed by atoms with van der Waals surface area (Å²) < 4.78 is 34.0. The Labute approximate surface area is 210 Å². The number of aromatic nitrogens is 5. The van der Waals surface area contributed by atoms with E-state index in [0.717, 1.165) is 24.7 Å². The van der Waals surface area contributed by atoms with Gasteiger partial charge in [0.15, 0.2) is 33.8 Å². The molecule has 6 atom stereocenters. The van der Waals surface area contributed by atoms with Gasteiger partial charge in [-0.2, -0.15) is 0 Å². The second-order valence-corrected chi connectivity index (χ2v) is 10.2. The lowest BCUT2D eigenvalue weighted by Crippen LogP contribution is -2.33. The molecule has 2 aliphatic rings. The minimum Gasteiger partial charge on any atom is -0.394 e. The van der Waals surface area contributed by atoms with Crippen molar-refractivity contribution in [1.82, 2.24) is 25.0 Å². The maximum atomic E-state index is 13.7. The van der Waals surface area contributed by atoms with Crippen molar-refractivity contribution in [2.45, 2.75) is 67.7 Å². The standard InChI is InChI=1S/C23H28F2N6O4S/c1-2-7-36-23-27-21(26-15-9-12(15)11-3-4-13(24)14(25)8-11)18-22(28-23)31(30-29-18)16-10-17(35-6-5-32)20(34)19(16)33/h3-4,8,12,15-17,19-20,32-34H,2,5-7,9-10H2,1H3,(H,26,27,28)/t12-,15+,16-,17+,19-,20+/m0/s1. The molecule has 13 heteroatoms. The molecule has 0 spiro atoms. The predicted octanol–water partition coefficient (Wildman–Crippen LogP) is 2.01. The van der Waals surface area contributed by atoms with Crippen molar-refractivity contribution in [1.29, 1.82) is 0 Å². The van der Waals surface area contributed by atoms with Gasteiger partial charge < -0.3 is 25.4 Å². The van der Waals surface area contributed by atoms with Crippen LogP contribution in [0.3, 0.4) is 0 Å². The summed E-state index contributed by atoms with van der Waals surface area (Å²) in [6.45, 7) is 1.91. The zero-order valence-corrected chi connectivity index (χ0v) is 20.4. The summed E-state index contributed by atoms with van der Waals surface area (Å²) in [6.07, 6.45) is -1.04. The number of nitrogens with one attached hydrogen (secondary N) is 1. The van der Waals surface area contributed by atoms with Gasteiger partial charge in [-0.05, 0) is 30.5 Å². The van der Waals surface area contributed by atoms with E-state index < -0.39 is 36.0 Å². The molecule has 4 N–H and O–H groups in total. The lowest BCUT2D eigenvalue weighted by atomic mass is 10.1. The Hall–Kier alpha value is -2.45. The van der Waals surface area contributed by atoms with Gasteiger partial charge in [0, 0.05) is 24.1 Å². The molecule has 2 heterocycles. The smallest absolute Gasteiger partial charge is 0.191 e. The molecule has 2 aliphatic carbocycles. The number of aliphatic hydroxyl groups excluding tert-OH is 3. The Morgan fingerprint density at radius 2 is 2.00 bits per heavy atom. The highest BCUT2D eigenvalue weighted by Gasteiger charge is 2.45. The average Bonchev–Trinajstić information content (AvgIpc) is 3.41. The number of fused-ring (bicyclic) bond motifs is 1. The van der Waals surface area contributed by atoms with Crippen LogP contribution in [0.4, 0.5) is 14.6 Å². The van der Waals surface area contributed by atoms with Gasteiger partial charge in [-0.15, -0.1) is 5.10 Å². The molecule has 1 aromatic carbocycles. The molecule has 0 unspecified atom stereocenters. The highest BCUT2D eigenvalue weighted by molar-refractivity contribution is 7.99. The lowest BCUT2D eigenvalue weighted by molar-refractivity contribution is -0.0629. The van der Waals surface area contributed by atoms with E-state index in [1.165, 1.54) is 22.5 Å². The fourth-order valence-corrected chi connectivity index (χ4v) is 5.31. The number of anilines is 1. The van der Waals surface area contributed by atoms with Crippen LogP contribution in [-0.2, 0) is 4.74 Å². The lowest BCUT2D eigenvalue weighted by Gasteiger charge is -2.17. The van der Waals surface area contributed by atoms with E-state index in [4.69, 9.17) is 9.84 Å². The van der Waals surface area contributed by atoms with Crippen LogP contribution in [0.1, 0.15) is 43.7 Å². The van der Waals surface area contributed by atoms with Crippen molar-refractivity contribution < 1.29 is 28.8 Å². The summed E-state index contributed by atoms with van der Waals surface area (Å²) in [5.41, 5.74) is 1.53. The molecule has 5 rings (SSSR count). The van der Waals surface area contributed by atoms with Crippen LogP contribution < -0.4 is 5.32 Å². The molecule has 36 heavy (non-hydrogen) atoms. The highest BCUT2D eigenvalue weighted by atomic mass is 32.2. The molecular formula is C23H28F2N6O4S. The van der Waals surface area contributed by atoms with Gasteiger partial charge in [-0.3, -0.25) is 0 Å². The van der Waals surface area contributed by atoms with Crippen LogP contribution in [0.25, 0.3) is 11.2 Å². The molecular weight excluding hydrogens is 494 g/mol. The topological polar surface area (TPSA) is 138 Å². The number of hydrogen-bond donors (Lipinski definition) is 4. The summed E-state index contributed by atoms with van der Waals surface area (Å²) in [7, 11) is 0. The SMILES string of the molecule is CCCSc1nc(N[C@@H]2C[C@H]2c2ccc(F)c(F)c2)c2nnn([C@H]3C[C@@H](OCCO)[C@@H](O)[C@H]3O)c2n1. The van der Waals surface area contributed by atoms with Crippen molar-refractivity contribution in [2.75, 3.05) is 24.3 Å². The first-order valence-corrected chi connectivity index (χ1v) is 13.0. The first-order chi connectivity index (χ1) is 17.4. The van der Waals surface area contributed by atoms with Gasteiger partial charge in [-0.1, -0.05) is 30.0 Å². The van der Waals surface area contributed by atoms with Gasteiger partial charge in [0.25, 0.3) is 0 Å². The molecule has 2 aromatic heterocycles. The molecule has 10 nitrogen and oxygen atoms in total. The first kappa shape index (κ1) is 25.2. The predicted molar refractivity (Wildman–Crippen MR) is 128 cm³/mol. The molecule has 0 saturated heterocycles. The van der Waals surface area contributed by atoms with E-state index in [2.05, 4.69) is 32.5 Å². The number of halogens is 2. The van der Waals surface area contributed by atoms with Gasteiger partial charge >= 0.3 is 0 Å². The minimum absolute atomic E-state index is 0.00291. The van der Waals surface area contributed by atoms with Gasteiger partial charge in [0.1, 0.15) is 12.2 Å². The molecule has 0 amide bonds. The van der Waals surface area contributed by atoms with E-state index in [1.54, 1.807) is 6.07 Å². The van der Waals surface area contributed by atoms with Crippen LogP contribution in [-0.4, -0.2) is 83.6 Å². The van der Waals surface area contributed by atoms with Crippen LogP contribution in [0.5, 0.6) is 0 Å². The molecule has 2 fully saturated rings. The van der Waals surface area contributed by atoms with E-state index in [-0.39, 0.29) is 31.6 Å². The number of hydrogen-bond acceptors (Lipinski definition) is 10. The third-order valence-corrected chi connectivity index (χ3v) is 7.61. The Morgan fingerprint density at radius 1 is 1.17 bits per heavy atom. The van der Waals surface area contributed by atoms with E-state index in [9.17, 15) is 19.0 Å². The van der Waals surface area contributed by atoms with Crippen LogP contribution in [0.2, 0.25) is 0 Å². The summed E-state index contributed by atoms with van der Waals surface area (Å²) in [6, 6.07) is 3.26. The Kier molecular flexibility index (Phi) is 7.35. The number of aliphatic hydroxyl groups is 3. The third-order valence-electron chi connectivity index (χ3n) is 6.56. The van der Waals surface area contributed by atoms with Crippen molar-refractivity contribution in [2.24, 2.45) is 0 Å². The Bertz CT molecular complexity index is 1230. The average molecular weight is 523 g/mol. The maximum absolute atomic E-state index is 13.7. The normalized spacial score (nSPS) is 27.6. The Balaban J connectivity index is 1.43.